The van der Waals surface area contributed by atoms with Crippen molar-refractivity contribution in [2.24, 2.45) is 0 Å². The summed E-state index contributed by atoms with van der Waals surface area (Å²) >= 11 is 0. The van der Waals surface area contributed by atoms with Crippen LogP contribution >= 0.6 is 0 Å². The Labute approximate surface area is 80.5 Å². The van der Waals surface area contributed by atoms with Gasteiger partial charge in [-0.15, -0.1) is 0 Å². The van der Waals surface area contributed by atoms with Gasteiger partial charge in [-0.25, -0.2) is 0 Å². The zero-order valence-electron chi connectivity index (χ0n) is 8.84. The van der Waals surface area contributed by atoms with E-state index >= 15 is 0 Å². The zero-order valence-corrected chi connectivity index (χ0v) is 8.84. The molecule has 0 aromatic rings. The first kappa shape index (κ1) is 11.0. The topological polar surface area (TPSA) is 41.5 Å². The van der Waals surface area contributed by atoms with Crippen molar-refractivity contribution in [2.75, 3.05) is 13.2 Å². The summed E-state index contributed by atoms with van der Waals surface area (Å²) in [6.45, 7) is 6.74. The Morgan fingerprint density at radius 2 is 2.15 bits per heavy atom. The predicted octanol–water partition coefficient (Wildman–Crippen LogP) is 0.914. The van der Waals surface area contributed by atoms with Crippen LogP contribution in [0.5, 0.6) is 0 Å². The molecular weight excluding hydrogens is 166 g/mol. The summed E-state index contributed by atoms with van der Waals surface area (Å²) in [5.74, 6) is 0. The van der Waals surface area contributed by atoms with Crippen LogP contribution in [0.3, 0.4) is 0 Å². The third-order valence-corrected chi connectivity index (χ3v) is 2.21. The first-order valence-corrected chi connectivity index (χ1v) is 5.06. The summed E-state index contributed by atoms with van der Waals surface area (Å²) in [7, 11) is 0. The van der Waals surface area contributed by atoms with Gasteiger partial charge in [-0.05, 0) is 33.6 Å². The minimum Gasteiger partial charge on any atom is -0.394 e. The molecule has 13 heavy (non-hydrogen) atoms. The van der Waals surface area contributed by atoms with Gasteiger partial charge in [-0.3, -0.25) is 0 Å². The van der Waals surface area contributed by atoms with Crippen LogP contribution in [0.25, 0.3) is 0 Å². The second-order valence-electron chi connectivity index (χ2n) is 4.50. The van der Waals surface area contributed by atoms with Crippen LogP contribution < -0.4 is 5.32 Å². The minimum atomic E-state index is -0.258. The lowest BCUT2D eigenvalue weighted by molar-refractivity contribution is 0.0114. The number of nitrogens with one attached hydrogen (secondary N) is 1. The van der Waals surface area contributed by atoms with Gasteiger partial charge in [-0.2, -0.15) is 0 Å². The van der Waals surface area contributed by atoms with E-state index in [1.807, 2.05) is 20.8 Å². The molecule has 0 aromatic heterocycles. The molecule has 1 aliphatic rings. The maximum atomic E-state index is 9.23. The third kappa shape index (κ3) is 4.07. The Balaban J connectivity index is 2.28. The van der Waals surface area contributed by atoms with Gasteiger partial charge >= 0.3 is 0 Å². The molecule has 1 saturated carbocycles. The van der Waals surface area contributed by atoms with E-state index in [0.29, 0.717) is 12.6 Å². The van der Waals surface area contributed by atoms with E-state index < -0.39 is 0 Å². The van der Waals surface area contributed by atoms with Gasteiger partial charge in [0.15, 0.2) is 0 Å². The van der Waals surface area contributed by atoms with Crippen LogP contribution in [0.2, 0.25) is 0 Å². The van der Waals surface area contributed by atoms with Gasteiger partial charge in [0, 0.05) is 6.04 Å². The molecule has 1 unspecified atom stereocenters. The Hall–Kier alpha value is -0.120. The molecule has 1 aliphatic carbocycles. The number of ether oxygens (including phenoxy) is 1. The van der Waals surface area contributed by atoms with Crippen LogP contribution in [0.1, 0.15) is 33.6 Å². The van der Waals surface area contributed by atoms with Crippen LogP contribution in [0.4, 0.5) is 0 Å². The highest BCUT2D eigenvalue weighted by molar-refractivity contribution is 4.92. The van der Waals surface area contributed by atoms with E-state index in [-0.39, 0.29) is 18.2 Å². The SMILES string of the molecule is CC(C)OCC(C)(CO)NC1CC1. The molecule has 0 amide bonds. The quantitative estimate of drug-likeness (QED) is 0.649. The lowest BCUT2D eigenvalue weighted by Crippen LogP contribution is -2.51. The van der Waals surface area contributed by atoms with E-state index in [1.54, 1.807) is 0 Å². The van der Waals surface area contributed by atoms with E-state index in [2.05, 4.69) is 5.32 Å². The van der Waals surface area contributed by atoms with E-state index in [1.165, 1.54) is 12.8 Å². The lowest BCUT2D eigenvalue weighted by Gasteiger charge is -2.29. The van der Waals surface area contributed by atoms with Crippen molar-refractivity contribution < 1.29 is 9.84 Å². The van der Waals surface area contributed by atoms with Crippen LogP contribution in [0, 0.1) is 0 Å². The van der Waals surface area contributed by atoms with E-state index in [9.17, 15) is 5.11 Å². The highest BCUT2D eigenvalue weighted by Crippen LogP contribution is 2.22. The molecule has 78 valence electrons. The third-order valence-electron chi connectivity index (χ3n) is 2.21. The second kappa shape index (κ2) is 4.40. The first-order valence-electron chi connectivity index (χ1n) is 5.06. The van der Waals surface area contributed by atoms with Crippen molar-refractivity contribution in [3.05, 3.63) is 0 Å². The number of aliphatic hydroxyl groups is 1. The molecule has 1 fully saturated rings. The summed E-state index contributed by atoms with van der Waals surface area (Å²) in [5, 5.41) is 12.6. The molecule has 2 N–H and O–H groups in total. The summed E-state index contributed by atoms with van der Waals surface area (Å²) in [6.07, 6.45) is 2.70. The smallest absolute Gasteiger partial charge is 0.0671 e. The Morgan fingerprint density at radius 3 is 2.54 bits per heavy atom. The van der Waals surface area contributed by atoms with Gasteiger partial charge in [0.25, 0.3) is 0 Å². The fourth-order valence-electron chi connectivity index (χ4n) is 1.20. The van der Waals surface area contributed by atoms with Crippen molar-refractivity contribution in [2.45, 2.75) is 51.3 Å². The maximum Gasteiger partial charge on any atom is 0.0671 e. The van der Waals surface area contributed by atoms with Crippen molar-refractivity contribution >= 4 is 0 Å². The fraction of sp³-hybridized carbons (Fsp3) is 1.00. The molecule has 0 bridgehead atoms. The average Bonchev–Trinajstić information content (AvgIpc) is 2.85. The summed E-state index contributed by atoms with van der Waals surface area (Å²) in [4.78, 5) is 0. The molecule has 1 atom stereocenters. The average molecular weight is 187 g/mol. The number of hydrogen-bond donors (Lipinski definition) is 2. The van der Waals surface area contributed by atoms with Crippen LogP contribution in [0.15, 0.2) is 0 Å². The highest BCUT2D eigenvalue weighted by atomic mass is 16.5. The van der Waals surface area contributed by atoms with Gasteiger partial charge in [0.2, 0.25) is 0 Å². The maximum absolute atomic E-state index is 9.23. The van der Waals surface area contributed by atoms with Crippen molar-refractivity contribution in [3.8, 4) is 0 Å². The molecule has 0 aliphatic heterocycles. The molecule has 0 heterocycles. The molecule has 1 rings (SSSR count). The number of aliphatic hydroxyl groups excluding tert-OH is 1. The minimum absolute atomic E-state index is 0.135. The van der Waals surface area contributed by atoms with Crippen molar-refractivity contribution in [3.63, 3.8) is 0 Å². The molecule has 0 spiro atoms. The highest BCUT2D eigenvalue weighted by Gasteiger charge is 2.32. The van der Waals surface area contributed by atoms with Gasteiger partial charge in [0.05, 0.1) is 24.9 Å². The first-order chi connectivity index (χ1) is 6.06. The molecule has 0 radical (unpaired) electrons. The largest absolute Gasteiger partial charge is 0.394 e. The predicted molar refractivity (Wildman–Crippen MR) is 52.7 cm³/mol. The molecule has 3 nitrogen and oxygen atoms in total. The summed E-state index contributed by atoms with van der Waals surface area (Å²) < 4.78 is 5.50. The van der Waals surface area contributed by atoms with Crippen LogP contribution in [-0.4, -0.2) is 36.0 Å². The Kier molecular flexibility index (Phi) is 3.71. The van der Waals surface area contributed by atoms with E-state index in [4.69, 9.17) is 4.74 Å². The normalized spacial score (nSPS) is 21.9. The number of rotatable bonds is 6. The monoisotopic (exact) mass is 187 g/mol. The standard InChI is InChI=1S/C10H21NO2/c1-8(2)13-7-10(3,6-12)11-9-4-5-9/h8-9,11-12H,4-7H2,1-3H3. The molecule has 3 heteroatoms. The van der Waals surface area contributed by atoms with Crippen molar-refractivity contribution in [1.29, 1.82) is 0 Å². The number of hydrogen-bond acceptors (Lipinski definition) is 3. The lowest BCUT2D eigenvalue weighted by atomic mass is 10.1. The van der Waals surface area contributed by atoms with Crippen LogP contribution in [-0.2, 0) is 4.74 Å². The summed E-state index contributed by atoms with van der Waals surface area (Å²) in [6, 6.07) is 0.605. The molecular formula is C10H21NO2. The summed E-state index contributed by atoms with van der Waals surface area (Å²) in [5.41, 5.74) is -0.258. The second-order valence-corrected chi connectivity index (χ2v) is 4.50. The Bertz CT molecular complexity index is 157. The molecule has 0 saturated heterocycles. The molecule has 0 aromatic carbocycles. The van der Waals surface area contributed by atoms with Crippen molar-refractivity contribution in [1.82, 2.24) is 5.32 Å². The van der Waals surface area contributed by atoms with Gasteiger partial charge in [0.1, 0.15) is 0 Å². The van der Waals surface area contributed by atoms with Gasteiger partial charge in [-0.1, -0.05) is 0 Å². The fourth-order valence-corrected chi connectivity index (χ4v) is 1.20. The zero-order chi connectivity index (χ0) is 9.90. The van der Waals surface area contributed by atoms with Gasteiger partial charge < -0.3 is 15.2 Å². The van der Waals surface area contributed by atoms with E-state index in [0.717, 1.165) is 0 Å². The Morgan fingerprint density at radius 1 is 1.54 bits per heavy atom.